The quantitative estimate of drug-likeness (QED) is 0.385. The number of benzene rings is 2. The molecule has 4 rings (SSSR count). The second kappa shape index (κ2) is 10.8. The van der Waals surface area contributed by atoms with Gasteiger partial charge in [0, 0.05) is 6.42 Å². The number of hydrazone groups is 1. The fourth-order valence-electron chi connectivity index (χ4n) is 3.47. The number of aryl methyl sites for hydroxylation is 1. The lowest BCUT2D eigenvalue weighted by atomic mass is 10.1. The first-order valence-electron chi connectivity index (χ1n) is 11.3. The zero-order chi connectivity index (χ0) is 24.9. The van der Waals surface area contributed by atoms with Crippen molar-refractivity contribution >= 4 is 39.8 Å². The summed E-state index contributed by atoms with van der Waals surface area (Å²) in [4.78, 5) is 16.8. The fraction of sp³-hybridized carbons (Fsp3) is 0.308. The summed E-state index contributed by atoms with van der Waals surface area (Å²) in [7, 11) is 1.55. The van der Waals surface area contributed by atoms with Crippen LogP contribution in [0, 0.1) is 18.3 Å². The van der Waals surface area contributed by atoms with Crippen molar-refractivity contribution in [3.63, 3.8) is 0 Å². The Hall–Kier alpha value is -3.59. The highest BCUT2D eigenvalue weighted by atomic mass is 32.2. The predicted octanol–water partition coefficient (Wildman–Crippen LogP) is 5.13. The number of carbonyl (C=O) groups is 1. The number of nitrogens with zero attached hydrogens (tertiary/aromatic N) is 3. The van der Waals surface area contributed by atoms with Crippen LogP contribution in [-0.4, -0.2) is 47.3 Å². The molecular weight excluding hydrogens is 464 g/mol. The maximum atomic E-state index is 12.7. The van der Waals surface area contributed by atoms with E-state index in [1.807, 2.05) is 31.2 Å². The van der Waals surface area contributed by atoms with E-state index in [-0.39, 0.29) is 11.4 Å². The van der Waals surface area contributed by atoms with Gasteiger partial charge in [-0.1, -0.05) is 37.6 Å². The molecule has 2 aliphatic rings. The van der Waals surface area contributed by atoms with E-state index in [9.17, 15) is 4.79 Å². The number of rotatable bonds is 9. The van der Waals surface area contributed by atoms with E-state index in [2.05, 4.69) is 23.9 Å². The number of fused-ring (bicyclic) bond motifs is 1. The molecule has 0 spiro atoms. The first-order chi connectivity index (χ1) is 16.8. The monoisotopic (exact) mass is 492 g/mol. The van der Waals surface area contributed by atoms with Gasteiger partial charge in [-0.05, 0) is 60.5 Å². The predicted molar refractivity (Wildman–Crippen MR) is 140 cm³/mol. The van der Waals surface area contributed by atoms with Gasteiger partial charge < -0.3 is 14.2 Å². The SMILES string of the molecule is COc1cc(C=C2C(=N)N3N=C(CC(C)C)SC3=NC2=O)ccc1OCCOc1ccc(C)cc1. The zero-order valence-corrected chi connectivity index (χ0v) is 21.0. The fourth-order valence-corrected chi connectivity index (χ4v) is 4.57. The van der Waals surface area contributed by atoms with Gasteiger partial charge in [0.2, 0.25) is 5.17 Å². The lowest BCUT2D eigenvalue weighted by Crippen LogP contribution is -2.35. The standard InChI is InChI=1S/C26H28N4O4S/c1-16(2)13-23-29-30-24(27)20(25(31)28-26(30)35-23)14-18-7-10-21(22(15-18)32-4)34-12-11-33-19-8-5-17(3)6-9-19/h5-10,14-16,27H,11-13H2,1-4H3. The number of amides is 1. The highest BCUT2D eigenvalue weighted by Crippen LogP contribution is 2.32. The van der Waals surface area contributed by atoms with E-state index in [1.54, 1.807) is 31.4 Å². The molecule has 0 saturated carbocycles. The van der Waals surface area contributed by atoms with Crippen molar-refractivity contribution in [2.24, 2.45) is 16.0 Å². The molecule has 2 aromatic rings. The van der Waals surface area contributed by atoms with Crippen molar-refractivity contribution in [2.45, 2.75) is 27.2 Å². The molecule has 35 heavy (non-hydrogen) atoms. The molecular formula is C26H28N4O4S. The highest BCUT2D eigenvalue weighted by Gasteiger charge is 2.35. The number of thioether (sulfide) groups is 1. The van der Waals surface area contributed by atoms with Crippen molar-refractivity contribution in [2.75, 3.05) is 20.3 Å². The maximum Gasteiger partial charge on any atom is 0.283 e. The minimum atomic E-state index is -0.456. The van der Waals surface area contributed by atoms with Crippen LogP contribution in [0.15, 0.2) is 58.1 Å². The minimum absolute atomic E-state index is 0.0128. The molecule has 8 nitrogen and oxygen atoms in total. The van der Waals surface area contributed by atoms with Crippen LogP contribution in [0.2, 0.25) is 0 Å². The Balaban J connectivity index is 1.43. The summed E-state index contributed by atoms with van der Waals surface area (Å²) in [5, 5.41) is 15.7. The molecule has 0 unspecified atom stereocenters. The normalized spacial score (nSPS) is 16.4. The first kappa shape index (κ1) is 24.5. The average molecular weight is 493 g/mol. The van der Waals surface area contributed by atoms with E-state index in [1.165, 1.54) is 22.3 Å². The van der Waals surface area contributed by atoms with Crippen LogP contribution in [0.5, 0.6) is 17.2 Å². The smallest absolute Gasteiger partial charge is 0.283 e. The Labute approximate surface area is 209 Å². The Kier molecular flexibility index (Phi) is 7.55. The van der Waals surface area contributed by atoms with Crippen molar-refractivity contribution in [3.8, 4) is 17.2 Å². The Morgan fingerprint density at radius 2 is 1.83 bits per heavy atom. The van der Waals surface area contributed by atoms with Gasteiger partial charge in [-0.2, -0.15) is 15.1 Å². The molecule has 0 radical (unpaired) electrons. The summed E-state index contributed by atoms with van der Waals surface area (Å²) in [5.41, 5.74) is 2.04. The molecule has 0 bridgehead atoms. The van der Waals surface area contributed by atoms with Gasteiger partial charge in [-0.15, -0.1) is 0 Å². The second-order valence-electron chi connectivity index (χ2n) is 8.53. The summed E-state index contributed by atoms with van der Waals surface area (Å²) < 4.78 is 17.0. The number of nitrogens with one attached hydrogen (secondary N) is 1. The molecule has 2 aromatic carbocycles. The van der Waals surface area contributed by atoms with Gasteiger partial charge >= 0.3 is 0 Å². The Morgan fingerprint density at radius 3 is 2.54 bits per heavy atom. The van der Waals surface area contributed by atoms with Crippen LogP contribution in [0.3, 0.4) is 0 Å². The number of amidine groups is 2. The van der Waals surface area contributed by atoms with E-state index >= 15 is 0 Å². The number of methoxy groups -OCH3 is 1. The topological polar surface area (TPSA) is 96.6 Å². The molecule has 2 heterocycles. The number of hydrogen-bond donors (Lipinski definition) is 1. The van der Waals surface area contributed by atoms with Crippen molar-refractivity contribution in [1.82, 2.24) is 5.01 Å². The third-order valence-corrected chi connectivity index (χ3v) is 6.14. The number of carbonyl (C=O) groups excluding carboxylic acids is 1. The number of ether oxygens (including phenoxy) is 3. The van der Waals surface area contributed by atoms with Crippen LogP contribution in [0.1, 0.15) is 31.4 Å². The second-order valence-corrected chi connectivity index (χ2v) is 9.57. The van der Waals surface area contributed by atoms with Gasteiger partial charge in [-0.25, -0.2) is 0 Å². The zero-order valence-electron chi connectivity index (χ0n) is 20.2. The molecule has 1 amide bonds. The molecule has 2 aliphatic heterocycles. The lowest BCUT2D eigenvalue weighted by molar-refractivity contribution is -0.114. The van der Waals surface area contributed by atoms with E-state index in [0.717, 1.165) is 17.2 Å². The minimum Gasteiger partial charge on any atom is -0.493 e. The van der Waals surface area contributed by atoms with E-state index < -0.39 is 5.91 Å². The highest BCUT2D eigenvalue weighted by molar-refractivity contribution is 8.26. The number of hydrogen-bond acceptors (Lipinski definition) is 7. The molecule has 0 fully saturated rings. The summed E-state index contributed by atoms with van der Waals surface area (Å²) in [6, 6.07) is 13.2. The summed E-state index contributed by atoms with van der Waals surface area (Å²) in [6.45, 7) is 6.95. The van der Waals surface area contributed by atoms with Crippen LogP contribution in [-0.2, 0) is 4.79 Å². The molecule has 9 heteroatoms. The third-order valence-electron chi connectivity index (χ3n) is 5.21. The largest absolute Gasteiger partial charge is 0.493 e. The van der Waals surface area contributed by atoms with Gasteiger partial charge in [-0.3, -0.25) is 10.2 Å². The van der Waals surface area contributed by atoms with Crippen molar-refractivity contribution < 1.29 is 19.0 Å². The van der Waals surface area contributed by atoms with Crippen molar-refractivity contribution in [1.29, 1.82) is 5.41 Å². The van der Waals surface area contributed by atoms with Crippen LogP contribution in [0.4, 0.5) is 0 Å². The first-order valence-corrected chi connectivity index (χ1v) is 12.1. The summed E-state index contributed by atoms with van der Waals surface area (Å²) in [6.07, 6.45) is 2.40. The molecule has 0 aromatic heterocycles. The molecule has 182 valence electrons. The average Bonchev–Trinajstić information content (AvgIpc) is 3.22. The maximum absolute atomic E-state index is 12.7. The van der Waals surface area contributed by atoms with Crippen LogP contribution >= 0.6 is 11.8 Å². The molecule has 0 aliphatic carbocycles. The molecule has 0 saturated heterocycles. The van der Waals surface area contributed by atoms with Crippen LogP contribution in [0.25, 0.3) is 6.08 Å². The summed E-state index contributed by atoms with van der Waals surface area (Å²) >= 11 is 1.35. The molecule has 0 atom stereocenters. The third kappa shape index (κ3) is 5.92. The Bertz CT molecular complexity index is 1220. The van der Waals surface area contributed by atoms with E-state index in [0.29, 0.717) is 41.4 Å². The van der Waals surface area contributed by atoms with Crippen LogP contribution < -0.4 is 14.2 Å². The lowest BCUT2D eigenvalue weighted by Gasteiger charge is -2.20. The van der Waals surface area contributed by atoms with Gasteiger partial charge in [0.05, 0.1) is 12.7 Å². The van der Waals surface area contributed by atoms with Gasteiger partial charge in [0.15, 0.2) is 17.3 Å². The van der Waals surface area contributed by atoms with E-state index in [4.69, 9.17) is 19.6 Å². The Morgan fingerprint density at radius 1 is 1.09 bits per heavy atom. The number of aliphatic imine (C=N–C) groups is 1. The summed E-state index contributed by atoms with van der Waals surface area (Å²) in [5.74, 6) is 1.84. The molecule has 1 N–H and O–H groups in total. The van der Waals surface area contributed by atoms with Crippen molar-refractivity contribution in [3.05, 3.63) is 59.2 Å². The van der Waals surface area contributed by atoms with Gasteiger partial charge in [0.1, 0.15) is 24.0 Å². The van der Waals surface area contributed by atoms with Gasteiger partial charge in [0.25, 0.3) is 5.91 Å².